The molecule has 0 spiro atoms. The van der Waals surface area contributed by atoms with E-state index in [9.17, 15) is 0 Å². The molecule has 0 aliphatic carbocycles. The largest absolute Gasteiger partial charge is 0.353 e. The molecule has 25 heavy (non-hydrogen) atoms. The van der Waals surface area contributed by atoms with Crippen LogP contribution in [0.1, 0.15) is 24.2 Å². The first kappa shape index (κ1) is 15.3. The predicted molar refractivity (Wildman–Crippen MR) is 99.0 cm³/mol. The van der Waals surface area contributed by atoms with Crippen molar-refractivity contribution in [1.29, 1.82) is 0 Å². The molecule has 2 bridgehead atoms. The predicted octanol–water partition coefficient (Wildman–Crippen LogP) is 2.60. The van der Waals surface area contributed by atoms with E-state index < -0.39 is 0 Å². The summed E-state index contributed by atoms with van der Waals surface area (Å²) in [4.78, 5) is 19.7. The Morgan fingerprint density at radius 2 is 2.16 bits per heavy atom. The number of piperidine rings is 1. The van der Waals surface area contributed by atoms with Gasteiger partial charge in [-0.05, 0) is 25.7 Å². The number of nitrogens with zero attached hydrogens (tertiary/aromatic N) is 6. The molecule has 6 rings (SSSR count). The number of hydrogen-bond donors (Lipinski definition) is 0. The van der Waals surface area contributed by atoms with Gasteiger partial charge in [-0.15, -0.1) is 11.3 Å². The molecular formula is C18H22N6S. The fraction of sp³-hybridized carbons (Fsp3) is 0.500. The van der Waals surface area contributed by atoms with Gasteiger partial charge in [-0.2, -0.15) is 0 Å². The van der Waals surface area contributed by atoms with Gasteiger partial charge in [0.2, 0.25) is 0 Å². The minimum atomic E-state index is 0.573. The van der Waals surface area contributed by atoms with Crippen LogP contribution in [0.2, 0.25) is 0 Å². The Labute approximate surface area is 151 Å². The van der Waals surface area contributed by atoms with Gasteiger partial charge in [0.05, 0.1) is 17.6 Å². The average molecular weight is 354 g/mol. The van der Waals surface area contributed by atoms with Crippen molar-refractivity contribution in [2.75, 3.05) is 24.5 Å². The Balaban J connectivity index is 1.41. The second-order valence-electron chi connectivity index (χ2n) is 7.19. The summed E-state index contributed by atoms with van der Waals surface area (Å²) in [5.74, 6) is 1.72. The summed E-state index contributed by atoms with van der Waals surface area (Å²) in [6.45, 7) is 6.42. The molecule has 6 nitrogen and oxygen atoms in total. The summed E-state index contributed by atoms with van der Waals surface area (Å²) in [6, 6.07) is 0.573. The Bertz CT molecular complexity index is 872. The van der Waals surface area contributed by atoms with E-state index in [4.69, 9.17) is 4.98 Å². The van der Waals surface area contributed by atoms with Crippen molar-refractivity contribution in [3.05, 3.63) is 41.6 Å². The Kier molecular flexibility index (Phi) is 3.71. The van der Waals surface area contributed by atoms with Gasteiger partial charge in [0, 0.05) is 56.2 Å². The molecule has 6 heterocycles. The van der Waals surface area contributed by atoms with Crippen molar-refractivity contribution in [3.63, 3.8) is 0 Å². The van der Waals surface area contributed by atoms with Crippen LogP contribution < -0.4 is 4.90 Å². The van der Waals surface area contributed by atoms with E-state index in [2.05, 4.69) is 42.7 Å². The lowest BCUT2D eigenvalue weighted by Gasteiger charge is -2.35. The number of imidazole rings is 1. The monoisotopic (exact) mass is 354 g/mol. The molecule has 3 saturated heterocycles. The highest BCUT2D eigenvalue weighted by Gasteiger charge is 2.35. The third-order valence-corrected chi connectivity index (χ3v) is 6.37. The highest BCUT2D eigenvalue weighted by Crippen LogP contribution is 2.31. The lowest BCUT2D eigenvalue weighted by Crippen LogP contribution is -2.43. The minimum Gasteiger partial charge on any atom is -0.353 e. The summed E-state index contributed by atoms with van der Waals surface area (Å²) in [7, 11) is 0. The SMILES string of the molecule is Cc1nc2sccn2c1CN1CC2CCC1CN(c1cnccn1)C2. The van der Waals surface area contributed by atoms with E-state index in [-0.39, 0.29) is 0 Å². The third-order valence-electron chi connectivity index (χ3n) is 5.61. The zero-order valence-corrected chi connectivity index (χ0v) is 15.2. The molecule has 3 aromatic rings. The van der Waals surface area contributed by atoms with Crippen LogP contribution >= 0.6 is 11.3 Å². The first-order valence-corrected chi connectivity index (χ1v) is 9.82. The molecule has 7 heteroatoms. The van der Waals surface area contributed by atoms with E-state index in [0.29, 0.717) is 12.0 Å². The van der Waals surface area contributed by atoms with Gasteiger partial charge in [-0.3, -0.25) is 14.3 Å². The van der Waals surface area contributed by atoms with Gasteiger partial charge < -0.3 is 4.90 Å². The molecule has 130 valence electrons. The van der Waals surface area contributed by atoms with Gasteiger partial charge in [0.25, 0.3) is 0 Å². The van der Waals surface area contributed by atoms with Gasteiger partial charge >= 0.3 is 0 Å². The van der Waals surface area contributed by atoms with Crippen LogP contribution in [-0.4, -0.2) is 49.9 Å². The number of thiazole rings is 1. The molecule has 3 aliphatic rings. The zero-order chi connectivity index (χ0) is 16.8. The van der Waals surface area contributed by atoms with Crippen LogP contribution in [0.4, 0.5) is 5.82 Å². The van der Waals surface area contributed by atoms with Gasteiger partial charge in [-0.1, -0.05) is 0 Å². The van der Waals surface area contributed by atoms with Gasteiger partial charge in [0.1, 0.15) is 5.82 Å². The smallest absolute Gasteiger partial charge is 0.194 e. The quantitative estimate of drug-likeness (QED) is 0.724. The zero-order valence-electron chi connectivity index (χ0n) is 14.4. The normalized spacial score (nSPS) is 24.1. The van der Waals surface area contributed by atoms with Crippen LogP contribution in [0.3, 0.4) is 0 Å². The fourth-order valence-corrected chi connectivity index (χ4v) is 5.12. The van der Waals surface area contributed by atoms with Crippen LogP contribution in [0.25, 0.3) is 4.96 Å². The van der Waals surface area contributed by atoms with Gasteiger partial charge in [-0.25, -0.2) is 9.97 Å². The van der Waals surface area contributed by atoms with Crippen molar-refractivity contribution in [2.45, 2.75) is 32.4 Å². The topological polar surface area (TPSA) is 49.6 Å². The lowest BCUT2D eigenvalue weighted by molar-refractivity contribution is 0.124. The van der Waals surface area contributed by atoms with Crippen LogP contribution in [0.5, 0.6) is 0 Å². The molecule has 3 aromatic heterocycles. The molecule has 0 aromatic carbocycles. The van der Waals surface area contributed by atoms with Crippen LogP contribution in [0.15, 0.2) is 30.2 Å². The first-order valence-electron chi connectivity index (χ1n) is 8.94. The number of hydrogen-bond acceptors (Lipinski definition) is 6. The number of rotatable bonds is 3. The molecule has 0 saturated carbocycles. The Morgan fingerprint density at radius 3 is 3.04 bits per heavy atom. The van der Waals surface area contributed by atoms with E-state index in [0.717, 1.165) is 42.7 Å². The van der Waals surface area contributed by atoms with Gasteiger partial charge in [0.15, 0.2) is 4.96 Å². The minimum absolute atomic E-state index is 0.573. The van der Waals surface area contributed by atoms with E-state index in [1.54, 1.807) is 23.7 Å². The van der Waals surface area contributed by atoms with E-state index in [1.165, 1.54) is 18.5 Å². The maximum atomic E-state index is 4.71. The van der Waals surface area contributed by atoms with Crippen molar-refractivity contribution in [1.82, 2.24) is 24.3 Å². The first-order chi connectivity index (χ1) is 12.3. The van der Waals surface area contributed by atoms with E-state index >= 15 is 0 Å². The molecule has 0 radical (unpaired) electrons. The fourth-order valence-electron chi connectivity index (χ4n) is 4.34. The summed E-state index contributed by atoms with van der Waals surface area (Å²) < 4.78 is 2.26. The van der Waals surface area contributed by atoms with Crippen LogP contribution in [-0.2, 0) is 6.54 Å². The number of aryl methyl sites for hydroxylation is 1. The third kappa shape index (κ3) is 2.71. The molecular weight excluding hydrogens is 332 g/mol. The maximum Gasteiger partial charge on any atom is 0.194 e. The molecule has 0 amide bonds. The van der Waals surface area contributed by atoms with Crippen molar-refractivity contribution < 1.29 is 0 Å². The Morgan fingerprint density at radius 1 is 1.20 bits per heavy atom. The van der Waals surface area contributed by atoms with E-state index in [1.807, 2.05) is 6.20 Å². The lowest BCUT2D eigenvalue weighted by atomic mass is 9.95. The number of fused-ring (bicyclic) bond motifs is 5. The second kappa shape index (κ2) is 6.07. The molecule has 3 aliphatic heterocycles. The summed E-state index contributed by atoms with van der Waals surface area (Å²) >= 11 is 1.71. The Hall–Kier alpha value is -1.99. The summed E-state index contributed by atoms with van der Waals surface area (Å²) in [5.41, 5.74) is 2.51. The molecule has 2 unspecified atom stereocenters. The average Bonchev–Trinajstić information content (AvgIpc) is 3.05. The number of anilines is 1. The highest BCUT2D eigenvalue weighted by molar-refractivity contribution is 7.15. The summed E-state index contributed by atoms with van der Waals surface area (Å²) in [6.07, 6.45) is 10.2. The van der Waals surface area contributed by atoms with Crippen LogP contribution in [0, 0.1) is 12.8 Å². The highest BCUT2D eigenvalue weighted by atomic mass is 32.1. The standard InChI is InChI=1S/C18H22N6S/c1-13-16(24-6-7-25-18(24)21-13)12-22-9-14-2-3-15(22)11-23(10-14)17-8-19-4-5-20-17/h4-8,14-15H,2-3,9-12H2,1H3. The summed E-state index contributed by atoms with van der Waals surface area (Å²) in [5, 5.41) is 2.12. The second-order valence-corrected chi connectivity index (χ2v) is 8.07. The maximum absolute atomic E-state index is 4.71. The van der Waals surface area contributed by atoms with Crippen molar-refractivity contribution in [3.8, 4) is 0 Å². The molecule has 3 fully saturated rings. The van der Waals surface area contributed by atoms with Crippen molar-refractivity contribution in [2.24, 2.45) is 5.92 Å². The molecule has 0 N–H and O–H groups in total. The van der Waals surface area contributed by atoms with Crippen molar-refractivity contribution >= 4 is 22.1 Å². The molecule has 2 atom stereocenters. The number of aromatic nitrogens is 4.